The van der Waals surface area contributed by atoms with E-state index in [1.54, 1.807) is 4.90 Å². The summed E-state index contributed by atoms with van der Waals surface area (Å²) in [7, 11) is 0. The SMILES string of the molecule is O=C([C@H]1CCCCN1)N1CCN(CC(F)(F)F)CC1. The van der Waals surface area contributed by atoms with E-state index in [1.807, 2.05) is 0 Å². The molecule has 7 heteroatoms. The first-order chi connectivity index (χ1) is 8.96. The van der Waals surface area contributed by atoms with Gasteiger partial charge in [-0.3, -0.25) is 9.69 Å². The van der Waals surface area contributed by atoms with Gasteiger partial charge >= 0.3 is 6.18 Å². The second-order valence-corrected chi connectivity index (χ2v) is 5.22. The lowest BCUT2D eigenvalue weighted by Gasteiger charge is -2.37. The fourth-order valence-electron chi connectivity index (χ4n) is 2.66. The third-order valence-electron chi connectivity index (χ3n) is 3.70. The van der Waals surface area contributed by atoms with Gasteiger partial charge in [-0.2, -0.15) is 13.2 Å². The zero-order chi connectivity index (χ0) is 13.9. The number of carbonyl (C=O) groups excluding carboxylic acids is 1. The number of hydrogen-bond acceptors (Lipinski definition) is 3. The highest BCUT2D eigenvalue weighted by Crippen LogP contribution is 2.18. The van der Waals surface area contributed by atoms with Gasteiger partial charge < -0.3 is 10.2 Å². The van der Waals surface area contributed by atoms with Crippen LogP contribution in [0.1, 0.15) is 19.3 Å². The lowest BCUT2D eigenvalue weighted by atomic mass is 10.0. The summed E-state index contributed by atoms with van der Waals surface area (Å²) >= 11 is 0. The zero-order valence-corrected chi connectivity index (χ0v) is 10.9. The van der Waals surface area contributed by atoms with Crippen molar-refractivity contribution in [2.24, 2.45) is 0 Å². The van der Waals surface area contributed by atoms with E-state index in [0.717, 1.165) is 25.8 Å². The summed E-state index contributed by atoms with van der Waals surface area (Å²) < 4.78 is 36.8. The molecule has 1 amide bonds. The van der Waals surface area contributed by atoms with Crippen molar-refractivity contribution < 1.29 is 18.0 Å². The second kappa shape index (κ2) is 6.09. The first-order valence-corrected chi connectivity index (χ1v) is 6.77. The highest BCUT2D eigenvalue weighted by Gasteiger charge is 2.34. The Labute approximate surface area is 110 Å². The molecule has 0 bridgehead atoms. The van der Waals surface area contributed by atoms with Crippen molar-refractivity contribution in [3.8, 4) is 0 Å². The number of halogens is 3. The topological polar surface area (TPSA) is 35.6 Å². The average Bonchev–Trinajstić information content (AvgIpc) is 2.38. The Morgan fingerprint density at radius 1 is 1.16 bits per heavy atom. The molecule has 4 nitrogen and oxygen atoms in total. The third-order valence-corrected chi connectivity index (χ3v) is 3.70. The number of carbonyl (C=O) groups is 1. The van der Waals surface area contributed by atoms with Gasteiger partial charge in [0.05, 0.1) is 12.6 Å². The van der Waals surface area contributed by atoms with Gasteiger partial charge in [-0.25, -0.2) is 0 Å². The largest absolute Gasteiger partial charge is 0.401 e. The van der Waals surface area contributed by atoms with Gasteiger partial charge in [-0.15, -0.1) is 0 Å². The van der Waals surface area contributed by atoms with Crippen LogP contribution in [0.15, 0.2) is 0 Å². The Balaban J connectivity index is 1.77. The quantitative estimate of drug-likeness (QED) is 0.813. The minimum absolute atomic E-state index is 0.0476. The molecule has 19 heavy (non-hydrogen) atoms. The summed E-state index contributed by atoms with van der Waals surface area (Å²) in [6, 6.07) is -0.136. The fraction of sp³-hybridized carbons (Fsp3) is 0.917. The molecule has 1 atom stereocenters. The first kappa shape index (κ1) is 14.6. The molecule has 1 N–H and O–H groups in total. The van der Waals surface area contributed by atoms with Gasteiger partial charge in [-0.1, -0.05) is 6.42 Å². The summed E-state index contributed by atoms with van der Waals surface area (Å²) in [6.07, 6.45) is -1.20. The maximum Gasteiger partial charge on any atom is 0.401 e. The zero-order valence-electron chi connectivity index (χ0n) is 10.9. The molecule has 0 aromatic carbocycles. The minimum Gasteiger partial charge on any atom is -0.339 e. The maximum absolute atomic E-state index is 12.3. The molecule has 2 rings (SSSR count). The number of rotatable bonds is 2. The van der Waals surface area contributed by atoms with Gasteiger partial charge in [0.2, 0.25) is 5.91 Å². The van der Waals surface area contributed by atoms with Crippen LogP contribution in [0.25, 0.3) is 0 Å². The molecule has 0 radical (unpaired) electrons. The van der Waals surface area contributed by atoms with E-state index in [9.17, 15) is 18.0 Å². The summed E-state index contributed by atoms with van der Waals surface area (Å²) in [5, 5.41) is 3.18. The van der Waals surface area contributed by atoms with E-state index >= 15 is 0 Å². The van der Waals surface area contributed by atoms with E-state index < -0.39 is 12.7 Å². The van der Waals surface area contributed by atoms with Crippen LogP contribution in [0.5, 0.6) is 0 Å². The van der Waals surface area contributed by atoms with Gasteiger partial charge in [0.15, 0.2) is 0 Å². The molecule has 0 saturated carbocycles. The Bertz CT molecular complexity index is 308. The molecular weight excluding hydrogens is 259 g/mol. The minimum atomic E-state index is -4.16. The van der Waals surface area contributed by atoms with E-state index in [4.69, 9.17) is 0 Å². The molecule has 0 aromatic rings. The number of amides is 1. The van der Waals surface area contributed by atoms with Crippen molar-refractivity contribution in [1.29, 1.82) is 0 Å². The lowest BCUT2D eigenvalue weighted by Crippen LogP contribution is -2.55. The van der Waals surface area contributed by atoms with Crippen molar-refractivity contribution in [2.75, 3.05) is 39.3 Å². The molecule has 0 aliphatic carbocycles. The van der Waals surface area contributed by atoms with Crippen LogP contribution in [-0.2, 0) is 4.79 Å². The highest BCUT2D eigenvalue weighted by molar-refractivity contribution is 5.82. The summed E-state index contributed by atoms with van der Waals surface area (Å²) in [6.45, 7) is 1.37. The molecule has 0 aromatic heterocycles. The molecule has 0 spiro atoms. The van der Waals surface area contributed by atoms with Gasteiger partial charge in [0.25, 0.3) is 0 Å². The van der Waals surface area contributed by atoms with Crippen LogP contribution in [0.3, 0.4) is 0 Å². The fourth-order valence-corrected chi connectivity index (χ4v) is 2.66. The summed E-state index contributed by atoms with van der Waals surface area (Å²) in [5.41, 5.74) is 0. The normalized spacial score (nSPS) is 26.5. The first-order valence-electron chi connectivity index (χ1n) is 6.77. The molecule has 2 aliphatic rings. The van der Waals surface area contributed by atoms with Gasteiger partial charge in [0, 0.05) is 26.2 Å². The maximum atomic E-state index is 12.3. The van der Waals surface area contributed by atoms with Gasteiger partial charge in [0.1, 0.15) is 0 Å². The van der Waals surface area contributed by atoms with Crippen LogP contribution >= 0.6 is 0 Å². The van der Waals surface area contributed by atoms with E-state index in [0.29, 0.717) is 26.2 Å². The summed E-state index contributed by atoms with van der Waals surface area (Å²) in [5.74, 6) is 0.0476. The standard InChI is InChI=1S/C12H20F3N3O/c13-12(14,15)9-17-5-7-18(8-6-17)11(19)10-3-1-2-4-16-10/h10,16H,1-9H2/t10-/m1/s1. The monoisotopic (exact) mass is 279 g/mol. The highest BCUT2D eigenvalue weighted by atomic mass is 19.4. The van der Waals surface area contributed by atoms with E-state index in [2.05, 4.69) is 5.32 Å². The molecule has 2 aliphatic heterocycles. The predicted octanol–water partition coefficient (Wildman–Crippen LogP) is 0.835. The number of piperazine rings is 1. The third kappa shape index (κ3) is 4.35. The Morgan fingerprint density at radius 2 is 1.84 bits per heavy atom. The smallest absolute Gasteiger partial charge is 0.339 e. The number of piperidine rings is 1. The molecule has 2 saturated heterocycles. The Hall–Kier alpha value is -0.820. The van der Waals surface area contributed by atoms with Crippen LogP contribution in [0.2, 0.25) is 0 Å². The van der Waals surface area contributed by atoms with Crippen molar-refractivity contribution in [2.45, 2.75) is 31.5 Å². The predicted molar refractivity (Wildman–Crippen MR) is 64.7 cm³/mol. The van der Waals surface area contributed by atoms with Crippen LogP contribution in [-0.4, -0.2) is 67.2 Å². The molecular formula is C12H20F3N3O. The van der Waals surface area contributed by atoms with Crippen molar-refractivity contribution in [3.05, 3.63) is 0 Å². The molecule has 2 heterocycles. The van der Waals surface area contributed by atoms with Gasteiger partial charge in [-0.05, 0) is 19.4 Å². The Kier molecular flexibility index (Phi) is 4.67. The van der Waals surface area contributed by atoms with Crippen LogP contribution in [0.4, 0.5) is 13.2 Å². The Morgan fingerprint density at radius 3 is 2.37 bits per heavy atom. The molecule has 0 unspecified atom stereocenters. The summed E-state index contributed by atoms with van der Waals surface area (Å²) in [4.78, 5) is 15.2. The van der Waals surface area contributed by atoms with Crippen LogP contribution < -0.4 is 5.32 Å². The number of alkyl halides is 3. The van der Waals surface area contributed by atoms with Crippen molar-refractivity contribution in [1.82, 2.24) is 15.1 Å². The van der Waals surface area contributed by atoms with E-state index in [1.165, 1.54) is 4.90 Å². The van der Waals surface area contributed by atoms with Crippen molar-refractivity contribution >= 4 is 5.91 Å². The van der Waals surface area contributed by atoms with Crippen LogP contribution in [0, 0.1) is 0 Å². The molecule has 2 fully saturated rings. The van der Waals surface area contributed by atoms with E-state index in [-0.39, 0.29) is 11.9 Å². The lowest BCUT2D eigenvalue weighted by molar-refractivity contribution is -0.152. The second-order valence-electron chi connectivity index (χ2n) is 5.22. The average molecular weight is 279 g/mol. The molecule has 110 valence electrons. The van der Waals surface area contributed by atoms with Crippen molar-refractivity contribution in [3.63, 3.8) is 0 Å². The number of nitrogens with one attached hydrogen (secondary N) is 1. The number of hydrogen-bond donors (Lipinski definition) is 1. The number of nitrogens with zero attached hydrogens (tertiary/aromatic N) is 2.